The molecule has 2 fully saturated rings. The molecule has 2 aliphatic rings. The summed E-state index contributed by atoms with van der Waals surface area (Å²) in [7, 11) is 0. The lowest BCUT2D eigenvalue weighted by Gasteiger charge is -2.41. The number of aliphatic hydroxyl groups is 1. The number of fused-ring (bicyclic) bond motifs is 1. The van der Waals surface area contributed by atoms with Gasteiger partial charge in [0.25, 0.3) is 5.91 Å². The summed E-state index contributed by atoms with van der Waals surface area (Å²) in [5, 5.41) is 12.2. The molecule has 2 aliphatic heterocycles. The van der Waals surface area contributed by atoms with Gasteiger partial charge in [0.1, 0.15) is 12.6 Å². The second-order valence-electron chi connectivity index (χ2n) is 14.1. The van der Waals surface area contributed by atoms with Crippen LogP contribution in [-0.2, 0) is 43.6 Å². The monoisotopic (exact) mass is 799 g/mol. The smallest absolute Gasteiger partial charge is 0.408 e. The summed E-state index contributed by atoms with van der Waals surface area (Å²) in [6.07, 6.45) is -1.93. The van der Waals surface area contributed by atoms with E-state index in [1.165, 1.54) is 4.90 Å². The van der Waals surface area contributed by atoms with Crippen molar-refractivity contribution in [2.24, 2.45) is 5.92 Å². The molecule has 12 heteroatoms. The van der Waals surface area contributed by atoms with Crippen molar-refractivity contribution in [1.29, 1.82) is 0 Å². The second-order valence-corrected chi connectivity index (χ2v) is 16.4. The Morgan fingerprint density at radius 1 is 0.877 bits per heavy atom. The van der Waals surface area contributed by atoms with Gasteiger partial charge >= 0.3 is 6.09 Å². The molecule has 5 aromatic carbocycles. The van der Waals surface area contributed by atoms with Crippen molar-refractivity contribution in [3.8, 4) is 11.1 Å². The van der Waals surface area contributed by atoms with E-state index in [-0.39, 0.29) is 50.2 Å². The number of thioether (sulfide) groups is 1. The van der Waals surface area contributed by atoms with Gasteiger partial charge in [0.05, 0.1) is 42.0 Å². The van der Waals surface area contributed by atoms with Crippen LogP contribution in [0, 0.1) is 5.92 Å². The van der Waals surface area contributed by atoms with Crippen LogP contribution >= 0.6 is 23.1 Å². The van der Waals surface area contributed by atoms with Gasteiger partial charge in [-0.2, -0.15) is 0 Å². The summed E-state index contributed by atoms with van der Waals surface area (Å²) in [5.41, 5.74) is 7.07. The third kappa shape index (κ3) is 8.80. The summed E-state index contributed by atoms with van der Waals surface area (Å²) < 4.78 is 20.8. The summed E-state index contributed by atoms with van der Waals surface area (Å²) in [6.45, 7) is 2.24. The molecule has 0 aliphatic carbocycles. The Hall–Kier alpha value is -5.37. The highest BCUT2D eigenvalue weighted by atomic mass is 32.2. The summed E-state index contributed by atoms with van der Waals surface area (Å²) in [5.74, 6) is -0.119. The van der Waals surface area contributed by atoms with Crippen LogP contribution in [0.5, 0.6) is 0 Å². The molecular weight excluding hydrogens is 759 g/mol. The number of para-hydroxylation sites is 1. The molecule has 1 unspecified atom stereocenters. The number of hydrogen-bond donors (Lipinski definition) is 2. The van der Waals surface area contributed by atoms with E-state index in [1.807, 2.05) is 121 Å². The minimum absolute atomic E-state index is 0.0278. The fourth-order valence-corrected chi connectivity index (χ4v) is 9.43. The summed E-state index contributed by atoms with van der Waals surface area (Å²) in [4.78, 5) is 45.0. The van der Waals surface area contributed by atoms with Gasteiger partial charge in [0.2, 0.25) is 5.91 Å². The van der Waals surface area contributed by atoms with E-state index in [1.54, 1.807) is 23.1 Å². The van der Waals surface area contributed by atoms with Gasteiger partial charge in [-0.05, 0) is 45.5 Å². The van der Waals surface area contributed by atoms with Gasteiger partial charge in [0, 0.05) is 17.2 Å². The predicted molar refractivity (Wildman–Crippen MR) is 219 cm³/mol. The van der Waals surface area contributed by atoms with E-state index in [0.717, 1.165) is 53.5 Å². The predicted octanol–water partition coefficient (Wildman–Crippen LogP) is 8.59. The van der Waals surface area contributed by atoms with Crippen molar-refractivity contribution in [1.82, 2.24) is 15.2 Å². The number of carbonyl (C=O) groups excluding carboxylic acids is 3. The highest BCUT2D eigenvalue weighted by Gasteiger charge is 2.41. The second kappa shape index (κ2) is 17.4. The number of carbonyl (C=O) groups is 3. The molecule has 57 heavy (non-hydrogen) atoms. The maximum Gasteiger partial charge on any atom is 0.408 e. The maximum atomic E-state index is 13.4. The molecule has 8 rings (SSSR count). The fraction of sp³-hybridized carbons (Fsp3) is 0.244. The molecule has 0 saturated carbocycles. The quantitative estimate of drug-likeness (QED) is 0.0925. The average Bonchev–Trinajstić information content (AvgIpc) is 3.78. The Kier molecular flexibility index (Phi) is 11.8. The number of rotatable bonds is 12. The number of aromatic nitrogens is 1. The highest BCUT2D eigenvalue weighted by Crippen LogP contribution is 2.44. The number of nitrogens with one attached hydrogen (secondary N) is 1. The molecule has 5 atom stereocenters. The molecule has 6 aromatic rings. The molecule has 10 nitrogen and oxygen atoms in total. The third-order valence-electron chi connectivity index (χ3n) is 10.4. The first-order valence-electron chi connectivity index (χ1n) is 18.8. The van der Waals surface area contributed by atoms with Gasteiger partial charge < -0.3 is 24.6 Å². The van der Waals surface area contributed by atoms with Crippen molar-refractivity contribution in [3.05, 3.63) is 155 Å². The number of alkyl carbamates (subject to hydrolysis) is 1. The molecular formula is C45H41N3O7S2. The van der Waals surface area contributed by atoms with Crippen molar-refractivity contribution in [2.75, 3.05) is 5.75 Å². The van der Waals surface area contributed by atoms with Gasteiger partial charge in [-0.1, -0.05) is 134 Å². The van der Waals surface area contributed by atoms with Crippen molar-refractivity contribution in [2.45, 2.75) is 62.0 Å². The van der Waals surface area contributed by atoms with Gasteiger partial charge in [-0.25, -0.2) is 9.78 Å². The van der Waals surface area contributed by atoms with Crippen LogP contribution < -0.4 is 5.32 Å². The zero-order valence-electron chi connectivity index (χ0n) is 31.2. The maximum absolute atomic E-state index is 13.4. The number of likely N-dealkylation sites (tertiary alicyclic amines) is 1. The van der Waals surface area contributed by atoms with Crippen molar-refractivity contribution in [3.63, 3.8) is 0 Å². The van der Waals surface area contributed by atoms with Gasteiger partial charge in [-0.15, -0.1) is 11.3 Å². The lowest BCUT2D eigenvalue weighted by atomic mass is 9.91. The van der Waals surface area contributed by atoms with Crippen LogP contribution in [0.4, 0.5) is 4.79 Å². The SMILES string of the molecule is C[C@H]1[C@@H](CSc2nc3ccccc3s2)O[C@@H](c2ccc(-c3ccccc3CN3C(=O)CC(NC(=O)OCc4ccccc4)C3=O)cc2)O[C@H]1c1ccc(CO)cc1. The lowest BCUT2D eigenvalue weighted by molar-refractivity contribution is -0.268. The Balaban J connectivity index is 0.965. The highest BCUT2D eigenvalue weighted by molar-refractivity contribution is 8.01. The van der Waals surface area contributed by atoms with Crippen LogP contribution in [0.2, 0.25) is 0 Å². The Bertz CT molecular complexity index is 2320. The van der Waals surface area contributed by atoms with Crippen molar-refractivity contribution < 1.29 is 33.7 Å². The summed E-state index contributed by atoms with van der Waals surface area (Å²) >= 11 is 3.37. The minimum Gasteiger partial charge on any atom is -0.445 e. The number of benzene rings is 5. The fourth-order valence-electron chi connectivity index (χ4n) is 7.18. The molecule has 290 valence electrons. The van der Waals surface area contributed by atoms with Crippen LogP contribution in [0.1, 0.15) is 53.6 Å². The molecule has 0 bridgehead atoms. The first kappa shape index (κ1) is 38.5. The molecule has 1 aromatic heterocycles. The number of thiazole rings is 1. The lowest BCUT2D eigenvalue weighted by Crippen LogP contribution is -2.41. The topological polar surface area (TPSA) is 127 Å². The van der Waals surface area contributed by atoms with Gasteiger partial charge in [-0.3, -0.25) is 14.5 Å². The van der Waals surface area contributed by atoms with E-state index >= 15 is 0 Å². The number of aliphatic hydroxyl groups excluding tert-OH is 1. The van der Waals surface area contributed by atoms with Crippen LogP contribution in [0.25, 0.3) is 21.3 Å². The molecule has 3 amide bonds. The van der Waals surface area contributed by atoms with E-state index < -0.39 is 24.3 Å². The minimum atomic E-state index is -0.995. The first-order valence-corrected chi connectivity index (χ1v) is 20.6. The molecule has 3 heterocycles. The Morgan fingerprint density at radius 3 is 2.37 bits per heavy atom. The third-order valence-corrected chi connectivity index (χ3v) is 12.6. The van der Waals surface area contributed by atoms with Crippen molar-refractivity contribution >= 4 is 51.2 Å². The zero-order valence-corrected chi connectivity index (χ0v) is 32.8. The van der Waals surface area contributed by atoms with E-state index in [0.29, 0.717) is 5.75 Å². The Morgan fingerprint density at radius 2 is 1.60 bits per heavy atom. The molecule has 0 radical (unpaired) electrons. The zero-order chi connectivity index (χ0) is 39.3. The number of nitrogens with zero attached hydrogens (tertiary/aromatic N) is 2. The number of imide groups is 1. The van der Waals surface area contributed by atoms with E-state index in [9.17, 15) is 19.5 Å². The molecule has 0 spiro atoms. The van der Waals surface area contributed by atoms with Gasteiger partial charge in [0.15, 0.2) is 10.6 Å². The number of amides is 3. The largest absolute Gasteiger partial charge is 0.445 e. The van der Waals surface area contributed by atoms with Crippen LogP contribution in [-0.4, -0.2) is 50.8 Å². The number of hydrogen-bond acceptors (Lipinski definition) is 10. The standard InChI is InChI=1S/C45H41N3O7S2/c1-28-38(27-56-45-47-36-13-7-8-14-39(36)57-45)54-43(55-41(28)32-17-15-29(25-49)16-18-32)33-21-19-31(20-22-33)35-12-6-5-11-34(35)24-48-40(50)23-37(42(48)51)46-44(52)53-26-30-9-3-2-4-10-30/h2-22,28,37-38,41,43,49H,23-27H2,1H3,(H,46,52)/t28-,37?,38+,41+,43+/m0/s1. The van der Waals surface area contributed by atoms with Crippen LogP contribution in [0.15, 0.2) is 132 Å². The normalized spacial score (nSPS) is 20.9. The van der Waals surface area contributed by atoms with E-state index in [2.05, 4.69) is 18.3 Å². The molecule has 2 N–H and O–H groups in total. The van der Waals surface area contributed by atoms with E-state index in [4.69, 9.17) is 19.2 Å². The molecule has 2 saturated heterocycles. The average molecular weight is 800 g/mol. The summed E-state index contributed by atoms with van der Waals surface area (Å²) in [6, 6.07) is 39.9. The number of ether oxygens (including phenoxy) is 3. The Labute approximate surface area is 338 Å². The first-order chi connectivity index (χ1) is 27.8. The van der Waals surface area contributed by atoms with Crippen LogP contribution in [0.3, 0.4) is 0 Å².